The van der Waals surface area contributed by atoms with Crippen LogP contribution in [0.2, 0.25) is 0 Å². The maximum absolute atomic E-state index is 12.2. The maximum Gasteiger partial charge on any atom is 0.251 e. The fourth-order valence-electron chi connectivity index (χ4n) is 1.91. The van der Waals surface area contributed by atoms with Crippen molar-refractivity contribution in [3.05, 3.63) is 44.6 Å². The van der Waals surface area contributed by atoms with Crippen molar-refractivity contribution in [2.45, 2.75) is 5.75 Å². The molecule has 0 bridgehead atoms. The number of hydrogen-bond donors (Lipinski definition) is 1. The lowest BCUT2D eigenvalue weighted by Gasteiger charge is -2.11. The molecule has 1 heterocycles. The van der Waals surface area contributed by atoms with Crippen LogP contribution < -0.4 is 14.8 Å². The quantitative estimate of drug-likeness (QED) is 0.656. The second-order valence-corrected chi connectivity index (χ2v) is 7.51. The van der Waals surface area contributed by atoms with Gasteiger partial charge in [0.25, 0.3) is 5.91 Å². The zero-order chi connectivity index (χ0) is 16.7. The van der Waals surface area contributed by atoms with Gasteiger partial charge in [-0.15, -0.1) is 11.3 Å². The SMILES string of the molecule is COc1cc(C(=O)NCCSCc2cccs2)cc(OC)c1Br. The average Bonchev–Trinajstić information content (AvgIpc) is 3.08. The highest BCUT2D eigenvalue weighted by atomic mass is 79.9. The fourth-order valence-corrected chi connectivity index (χ4v) is 4.16. The number of nitrogens with one attached hydrogen (secondary N) is 1. The summed E-state index contributed by atoms with van der Waals surface area (Å²) in [5.41, 5.74) is 0.519. The van der Waals surface area contributed by atoms with E-state index in [1.165, 1.54) is 4.88 Å². The second-order valence-electron chi connectivity index (χ2n) is 4.58. The second kappa shape index (κ2) is 9.20. The van der Waals surface area contributed by atoms with Gasteiger partial charge in [-0.25, -0.2) is 0 Å². The molecule has 2 aromatic rings. The van der Waals surface area contributed by atoms with E-state index in [1.807, 2.05) is 0 Å². The minimum atomic E-state index is -0.133. The van der Waals surface area contributed by atoms with Crippen LogP contribution >= 0.6 is 39.0 Å². The molecule has 0 spiro atoms. The van der Waals surface area contributed by atoms with Gasteiger partial charge in [0.1, 0.15) is 16.0 Å². The molecule has 0 radical (unpaired) electrons. The first-order valence-electron chi connectivity index (χ1n) is 6.95. The summed E-state index contributed by atoms with van der Waals surface area (Å²) in [7, 11) is 3.12. The monoisotopic (exact) mass is 415 g/mol. The Hall–Kier alpha value is -1.18. The molecule has 0 unspecified atom stereocenters. The van der Waals surface area contributed by atoms with Gasteiger partial charge in [-0.2, -0.15) is 11.8 Å². The summed E-state index contributed by atoms with van der Waals surface area (Å²) in [4.78, 5) is 13.6. The number of thiophene rings is 1. The summed E-state index contributed by atoms with van der Waals surface area (Å²) in [5.74, 6) is 2.86. The Balaban J connectivity index is 1.85. The van der Waals surface area contributed by atoms with Crippen molar-refractivity contribution in [3.63, 3.8) is 0 Å². The molecule has 0 atom stereocenters. The van der Waals surface area contributed by atoms with Gasteiger partial charge in [0.15, 0.2) is 0 Å². The summed E-state index contributed by atoms with van der Waals surface area (Å²) in [6.45, 7) is 0.621. The molecule has 2 rings (SSSR count). The standard InChI is InChI=1S/C16H18BrNO3S2/c1-20-13-8-11(9-14(21-2)15(13)17)16(19)18-5-7-22-10-12-4-3-6-23-12/h3-4,6,8-9H,5,7,10H2,1-2H3,(H,18,19). The number of amides is 1. The normalized spacial score (nSPS) is 10.4. The summed E-state index contributed by atoms with van der Waals surface area (Å²) < 4.78 is 11.2. The van der Waals surface area contributed by atoms with E-state index in [4.69, 9.17) is 9.47 Å². The van der Waals surface area contributed by atoms with Gasteiger partial charge in [0.05, 0.1) is 14.2 Å². The van der Waals surface area contributed by atoms with Gasteiger partial charge in [-0.05, 0) is 39.5 Å². The summed E-state index contributed by atoms with van der Waals surface area (Å²) >= 11 is 6.95. The third-order valence-corrected chi connectivity index (χ3v) is 5.91. The molecule has 1 N–H and O–H groups in total. The molecule has 0 aliphatic rings. The van der Waals surface area contributed by atoms with Crippen LogP contribution in [0.15, 0.2) is 34.1 Å². The number of carbonyl (C=O) groups is 1. The highest BCUT2D eigenvalue weighted by Gasteiger charge is 2.14. The third-order valence-electron chi connectivity index (χ3n) is 3.06. The smallest absolute Gasteiger partial charge is 0.251 e. The van der Waals surface area contributed by atoms with Crippen LogP contribution in [-0.4, -0.2) is 32.4 Å². The van der Waals surface area contributed by atoms with Crippen LogP contribution in [-0.2, 0) is 5.75 Å². The molecule has 1 aromatic carbocycles. The zero-order valence-electron chi connectivity index (χ0n) is 12.9. The van der Waals surface area contributed by atoms with Gasteiger partial charge in [0.2, 0.25) is 0 Å². The van der Waals surface area contributed by atoms with E-state index < -0.39 is 0 Å². The third kappa shape index (κ3) is 5.16. The molecular weight excluding hydrogens is 398 g/mol. The summed E-state index contributed by atoms with van der Waals surface area (Å²) in [6.07, 6.45) is 0. The number of carbonyl (C=O) groups excluding carboxylic acids is 1. The molecule has 7 heteroatoms. The predicted molar refractivity (Wildman–Crippen MR) is 100 cm³/mol. The Morgan fingerprint density at radius 2 is 2.00 bits per heavy atom. The number of methoxy groups -OCH3 is 2. The molecule has 124 valence electrons. The highest BCUT2D eigenvalue weighted by Crippen LogP contribution is 2.35. The van der Waals surface area contributed by atoms with E-state index >= 15 is 0 Å². The number of ether oxygens (including phenoxy) is 2. The van der Waals surface area contributed by atoms with Crippen molar-refractivity contribution in [1.29, 1.82) is 0 Å². The van der Waals surface area contributed by atoms with Gasteiger partial charge in [-0.3, -0.25) is 4.79 Å². The molecule has 0 saturated carbocycles. The van der Waals surface area contributed by atoms with Crippen LogP contribution in [0.5, 0.6) is 11.5 Å². The lowest BCUT2D eigenvalue weighted by Crippen LogP contribution is -2.25. The predicted octanol–water partition coefficient (Wildman–Crippen LogP) is 4.19. The molecule has 23 heavy (non-hydrogen) atoms. The number of thioether (sulfide) groups is 1. The molecule has 0 aliphatic heterocycles. The Kier molecular flexibility index (Phi) is 7.26. The van der Waals surface area contributed by atoms with E-state index in [0.717, 1.165) is 11.5 Å². The molecule has 0 saturated heterocycles. The van der Waals surface area contributed by atoms with Crippen LogP contribution in [0, 0.1) is 0 Å². The van der Waals surface area contributed by atoms with E-state index in [1.54, 1.807) is 49.5 Å². The Labute approximate surface area is 152 Å². The summed E-state index contributed by atoms with van der Waals surface area (Å²) in [6, 6.07) is 7.56. The number of benzene rings is 1. The maximum atomic E-state index is 12.2. The van der Waals surface area contributed by atoms with Crippen LogP contribution in [0.25, 0.3) is 0 Å². The van der Waals surface area contributed by atoms with Crippen LogP contribution in [0.3, 0.4) is 0 Å². The Morgan fingerprint density at radius 3 is 2.57 bits per heavy atom. The van der Waals surface area contributed by atoms with Crippen LogP contribution in [0.1, 0.15) is 15.2 Å². The van der Waals surface area contributed by atoms with E-state index in [2.05, 4.69) is 38.8 Å². The number of halogens is 1. The zero-order valence-corrected chi connectivity index (χ0v) is 16.1. The summed E-state index contributed by atoms with van der Waals surface area (Å²) in [5, 5.41) is 4.99. The minimum absolute atomic E-state index is 0.133. The van der Waals surface area contributed by atoms with Crippen molar-refractivity contribution in [2.24, 2.45) is 0 Å². The van der Waals surface area contributed by atoms with Crippen molar-refractivity contribution < 1.29 is 14.3 Å². The Morgan fingerprint density at radius 1 is 1.30 bits per heavy atom. The van der Waals surface area contributed by atoms with E-state index in [0.29, 0.717) is 28.1 Å². The highest BCUT2D eigenvalue weighted by molar-refractivity contribution is 9.10. The lowest BCUT2D eigenvalue weighted by molar-refractivity contribution is 0.0955. The average molecular weight is 416 g/mol. The van der Waals surface area contributed by atoms with Gasteiger partial charge in [0, 0.05) is 28.5 Å². The molecule has 4 nitrogen and oxygen atoms in total. The molecule has 1 amide bonds. The largest absolute Gasteiger partial charge is 0.495 e. The van der Waals surface area contributed by atoms with Crippen molar-refractivity contribution >= 4 is 44.9 Å². The van der Waals surface area contributed by atoms with Gasteiger partial charge >= 0.3 is 0 Å². The first-order chi connectivity index (χ1) is 11.2. The molecule has 0 aliphatic carbocycles. The Bertz CT molecular complexity index is 622. The first-order valence-corrected chi connectivity index (χ1v) is 9.78. The minimum Gasteiger partial charge on any atom is -0.495 e. The molecule has 0 fully saturated rings. The van der Waals surface area contributed by atoms with Crippen molar-refractivity contribution in [3.8, 4) is 11.5 Å². The first kappa shape index (κ1) is 18.2. The topological polar surface area (TPSA) is 47.6 Å². The number of rotatable bonds is 8. The van der Waals surface area contributed by atoms with Gasteiger partial charge in [-0.1, -0.05) is 6.07 Å². The van der Waals surface area contributed by atoms with E-state index in [9.17, 15) is 4.79 Å². The molecule has 1 aromatic heterocycles. The van der Waals surface area contributed by atoms with Crippen molar-refractivity contribution in [2.75, 3.05) is 26.5 Å². The lowest BCUT2D eigenvalue weighted by atomic mass is 10.2. The van der Waals surface area contributed by atoms with Crippen molar-refractivity contribution in [1.82, 2.24) is 5.32 Å². The fraction of sp³-hybridized carbons (Fsp3) is 0.312. The number of hydrogen-bond acceptors (Lipinski definition) is 5. The molecular formula is C16H18BrNO3S2. The van der Waals surface area contributed by atoms with Gasteiger partial charge < -0.3 is 14.8 Å². The van der Waals surface area contributed by atoms with Crippen LogP contribution in [0.4, 0.5) is 0 Å². The van der Waals surface area contributed by atoms with E-state index in [-0.39, 0.29) is 5.91 Å².